The standard InChI is InChI=1S/C10H14O3/c1-6-4-3-5-8(9(6)12)10(13)7(2)11/h3-5,7,10-13H,1-2H3. The second-order valence-electron chi connectivity index (χ2n) is 3.20. The van der Waals surface area contributed by atoms with Gasteiger partial charge in [0.2, 0.25) is 0 Å². The Morgan fingerprint density at radius 1 is 1.23 bits per heavy atom. The molecule has 0 radical (unpaired) electrons. The molecule has 0 saturated carbocycles. The van der Waals surface area contributed by atoms with E-state index in [-0.39, 0.29) is 5.75 Å². The third-order valence-electron chi connectivity index (χ3n) is 2.04. The van der Waals surface area contributed by atoms with E-state index in [1.807, 2.05) is 0 Å². The van der Waals surface area contributed by atoms with Crippen molar-refractivity contribution in [2.45, 2.75) is 26.1 Å². The van der Waals surface area contributed by atoms with Crippen LogP contribution in [0, 0.1) is 6.92 Å². The first-order valence-corrected chi connectivity index (χ1v) is 4.18. The number of benzene rings is 1. The Bertz CT molecular complexity index is 294. The number of aromatic hydroxyl groups is 1. The molecule has 0 amide bonds. The lowest BCUT2D eigenvalue weighted by molar-refractivity contribution is 0.0290. The van der Waals surface area contributed by atoms with Crippen LogP contribution < -0.4 is 0 Å². The maximum absolute atomic E-state index is 9.55. The average Bonchev–Trinajstić information content (AvgIpc) is 2.08. The Kier molecular flexibility index (Phi) is 2.90. The summed E-state index contributed by atoms with van der Waals surface area (Å²) in [5.74, 6) is 0.0518. The highest BCUT2D eigenvalue weighted by molar-refractivity contribution is 5.40. The van der Waals surface area contributed by atoms with E-state index in [9.17, 15) is 10.2 Å². The Balaban J connectivity index is 3.07. The van der Waals surface area contributed by atoms with Crippen LogP contribution >= 0.6 is 0 Å². The summed E-state index contributed by atoms with van der Waals surface area (Å²) >= 11 is 0. The molecule has 2 unspecified atom stereocenters. The van der Waals surface area contributed by atoms with Crippen LogP contribution in [0.1, 0.15) is 24.2 Å². The number of aryl methyl sites for hydroxylation is 1. The summed E-state index contributed by atoms with van der Waals surface area (Å²) in [7, 11) is 0. The van der Waals surface area contributed by atoms with E-state index in [0.717, 1.165) is 0 Å². The van der Waals surface area contributed by atoms with Gasteiger partial charge in [-0.15, -0.1) is 0 Å². The molecule has 1 rings (SSSR count). The molecule has 0 heterocycles. The predicted molar refractivity (Wildman–Crippen MR) is 49.5 cm³/mol. The molecule has 0 bridgehead atoms. The van der Waals surface area contributed by atoms with Crippen molar-refractivity contribution < 1.29 is 15.3 Å². The van der Waals surface area contributed by atoms with Crippen molar-refractivity contribution in [2.24, 2.45) is 0 Å². The van der Waals surface area contributed by atoms with Crippen molar-refractivity contribution in [1.29, 1.82) is 0 Å². The second kappa shape index (κ2) is 3.77. The molecule has 2 atom stereocenters. The number of hydrogen-bond donors (Lipinski definition) is 3. The summed E-state index contributed by atoms with van der Waals surface area (Å²) in [5, 5.41) is 28.2. The Labute approximate surface area is 77.3 Å². The number of para-hydroxylation sites is 1. The van der Waals surface area contributed by atoms with Crippen LogP contribution in [0.3, 0.4) is 0 Å². The predicted octanol–water partition coefficient (Wildman–Crippen LogP) is 1.11. The van der Waals surface area contributed by atoms with Crippen LogP contribution in [0.2, 0.25) is 0 Å². The highest BCUT2D eigenvalue weighted by atomic mass is 16.3. The van der Waals surface area contributed by atoms with Crippen LogP contribution in [-0.4, -0.2) is 21.4 Å². The highest BCUT2D eigenvalue weighted by Crippen LogP contribution is 2.28. The Morgan fingerprint density at radius 2 is 1.85 bits per heavy atom. The van der Waals surface area contributed by atoms with Gasteiger partial charge in [0.05, 0.1) is 6.10 Å². The van der Waals surface area contributed by atoms with Gasteiger partial charge >= 0.3 is 0 Å². The minimum Gasteiger partial charge on any atom is -0.507 e. The molecule has 1 aromatic carbocycles. The monoisotopic (exact) mass is 182 g/mol. The highest BCUT2D eigenvalue weighted by Gasteiger charge is 2.17. The number of aliphatic hydroxyl groups is 2. The molecule has 0 aromatic heterocycles. The van der Waals surface area contributed by atoms with Gasteiger partial charge in [-0.25, -0.2) is 0 Å². The largest absolute Gasteiger partial charge is 0.507 e. The molecular weight excluding hydrogens is 168 g/mol. The fourth-order valence-corrected chi connectivity index (χ4v) is 1.18. The zero-order valence-electron chi connectivity index (χ0n) is 7.73. The molecule has 72 valence electrons. The lowest BCUT2D eigenvalue weighted by atomic mass is 10.0. The van der Waals surface area contributed by atoms with Crippen molar-refractivity contribution in [3.05, 3.63) is 29.3 Å². The molecule has 0 aliphatic heterocycles. The van der Waals surface area contributed by atoms with Crippen LogP contribution in [0.15, 0.2) is 18.2 Å². The Hall–Kier alpha value is -1.06. The first-order chi connectivity index (χ1) is 6.04. The quantitative estimate of drug-likeness (QED) is 0.642. The number of aliphatic hydroxyl groups excluding tert-OH is 2. The van der Waals surface area contributed by atoms with Gasteiger partial charge in [0, 0.05) is 5.56 Å². The van der Waals surface area contributed by atoms with Gasteiger partial charge in [0.1, 0.15) is 11.9 Å². The fraction of sp³-hybridized carbons (Fsp3) is 0.400. The van der Waals surface area contributed by atoms with Gasteiger partial charge in [0.25, 0.3) is 0 Å². The van der Waals surface area contributed by atoms with Crippen LogP contribution in [0.5, 0.6) is 5.75 Å². The van der Waals surface area contributed by atoms with Crippen molar-refractivity contribution >= 4 is 0 Å². The first-order valence-electron chi connectivity index (χ1n) is 4.18. The van der Waals surface area contributed by atoms with Crippen molar-refractivity contribution in [3.63, 3.8) is 0 Å². The lowest BCUT2D eigenvalue weighted by Crippen LogP contribution is -2.14. The molecule has 13 heavy (non-hydrogen) atoms. The maximum Gasteiger partial charge on any atom is 0.124 e. The number of hydrogen-bond acceptors (Lipinski definition) is 3. The van der Waals surface area contributed by atoms with E-state index >= 15 is 0 Å². The average molecular weight is 182 g/mol. The van der Waals surface area contributed by atoms with Gasteiger partial charge in [-0.2, -0.15) is 0 Å². The summed E-state index contributed by atoms with van der Waals surface area (Å²) in [4.78, 5) is 0. The van der Waals surface area contributed by atoms with Gasteiger partial charge in [-0.05, 0) is 19.4 Å². The smallest absolute Gasteiger partial charge is 0.124 e. The summed E-state index contributed by atoms with van der Waals surface area (Å²) in [6, 6.07) is 5.07. The summed E-state index contributed by atoms with van der Waals surface area (Å²) in [5.41, 5.74) is 1.06. The molecule has 0 saturated heterocycles. The lowest BCUT2D eigenvalue weighted by Gasteiger charge is -2.16. The van der Waals surface area contributed by atoms with E-state index in [1.54, 1.807) is 25.1 Å². The Morgan fingerprint density at radius 3 is 2.38 bits per heavy atom. The van der Waals surface area contributed by atoms with E-state index in [0.29, 0.717) is 11.1 Å². The van der Waals surface area contributed by atoms with E-state index < -0.39 is 12.2 Å². The number of rotatable bonds is 2. The molecule has 0 aliphatic carbocycles. The third-order valence-corrected chi connectivity index (χ3v) is 2.04. The molecule has 0 spiro atoms. The van der Waals surface area contributed by atoms with E-state index in [2.05, 4.69) is 0 Å². The molecule has 0 aliphatic rings. The van der Waals surface area contributed by atoms with Gasteiger partial charge in [0.15, 0.2) is 0 Å². The molecule has 3 N–H and O–H groups in total. The van der Waals surface area contributed by atoms with Gasteiger partial charge < -0.3 is 15.3 Å². The van der Waals surface area contributed by atoms with Crippen LogP contribution in [0.4, 0.5) is 0 Å². The molecule has 3 nitrogen and oxygen atoms in total. The third kappa shape index (κ3) is 1.99. The molecule has 0 fully saturated rings. The second-order valence-corrected chi connectivity index (χ2v) is 3.20. The summed E-state index contributed by atoms with van der Waals surface area (Å²) in [6.07, 6.45) is -1.91. The SMILES string of the molecule is Cc1cccc(C(O)C(C)O)c1O. The van der Waals surface area contributed by atoms with E-state index in [1.165, 1.54) is 6.92 Å². The minimum absolute atomic E-state index is 0.0518. The molecule has 1 aromatic rings. The minimum atomic E-state index is -1.03. The zero-order chi connectivity index (χ0) is 10.0. The topological polar surface area (TPSA) is 60.7 Å². The fourth-order valence-electron chi connectivity index (χ4n) is 1.18. The molecular formula is C10H14O3. The first kappa shape index (κ1) is 10.0. The van der Waals surface area contributed by atoms with Crippen molar-refractivity contribution in [2.75, 3.05) is 0 Å². The normalized spacial score (nSPS) is 15.4. The summed E-state index contributed by atoms with van der Waals surface area (Å²) < 4.78 is 0. The summed E-state index contributed by atoms with van der Waals surface area (Å²) in [6.45, 7) is 3.22. The van der Waals surface area contributed by atoms with Crippen molar-refractivity contribution in [1.82, 2.24) is 0 Å². The van der Waals surface area contributed by atoms with Crippen LogP contribution in [-0.2, 0) is 0 Å². The zero-order valence-corrected chi connectivity index (χ0v) is 7.73. The molecule has 3 heteroatoms. The number of phenolic OH excluding ortho intramolecular Hbond substituents is 1. The van der Waals surface area contributed by atoms with Crippen molar-refractivity contribution in [3.8, 4) is 5.75 Å². The van der Waals surface area contributed by atoms with Gasteiger partial charge in [-0.1, -0.05) is 18.2 Å². The maximum atomic E-state index is 9.55. The number of phenols is 1. The van der Waals surface area contributed by atoms with Crippen LogP contribution in [0.25, 0.3) is 0 Å². The van der Waals surface area contributed by atoms with E-state index in [4.69, 9.17) is 5.11 Å². The van der Waals surface area contributed by atoms with Gasteiger partial charge in [-0.3, -0.25) is 0 Å².